The maximum Gasteiger partial charge on any atom is 0.258 e. The molecule has 2 rings (SSSR count). The number of para-hydroxylation sites is 1. The van der Waals surface area contributed by atoms with Crippen molar-refractivity contribution in [1.29, 1.82) is 0 Å². The number of carbonyl (C=O) groups is 1. The van der Waals surface area contributed by atoms with Crippen molar-refractivity contribution < 1.29 is 18.3 Å². The quantitative estimate of drug-likeness (QED) is 0.920. The number of ether oxygens (including phenoxy) is 1. The first kappa shape index (κ1) is 15.3. The minimum atomic E-state index is -0.550. The van der Waals surface area contributed by atoms with Crippen molar-refractivity contribution in [2.45, 2.75) is 6.54 Å². The average Bonchev–Trinajstić information content (AvgIpc) is 2.47. The molecule has 21 heavy (non-hydrogen) atoms. The average molecular weight is 312 g/mol. The Morgan fingerprint density at radius 3 is 2.67 bits per heavy atom. The van der Waals surface area contributed by atoms with Gasteiger partial charge in [-0.2, -0.15) is 0 Å². The molecule has 2 aromatic carbocycles. The summed E-state index contributed by atoms with van der Waals surface area (Å²) in [7, 11) is 0. The van der Waals surface area contributed by atoms with Crippen molar-refractivity contribution in [1.82, 2.24) is 5.32 Å². The minimum absolute atomic E-state index is 0.0124. The van der Waals surface area contributed by atoms with Crippen LogP contribution < -0.4 is 10.1 Å². The number of carbonyl (C=O) groups excluding carboxylic acids is 1. The molecule has 0 saturated heterocycles. The van der Waals surface area contributed by atoms with Gasteiger partial charge in [0.15, 0.2) is 18.2 Å². The highest BCUT2D eigenvalue weighted by atomic mass is 35.5. The third-order valence-corrected chi connectivity index (χ3v) is 2.91. The van der Waals surface area contributed by atoms with E-state index in [0.29, 0.717) is 5.02 Å². The summed E-state index contributed by atoms with van der Waals surface area (Å²) in [6.45, 7) is -0.380. The molecule has 0 unspecified atom stereocenters. The van der Waals surface area contributed by atoms with Crippen LogP contribution in [0.15, 0.2) is 42.5 Å². The van der Waals surface area contributed by atoms with Gasteiger partial charge in [-0.05, 0) is 30.3 Å². The fraction of sp³-hybridized carbons (Fsp3) is 0.133. The summed E-state index contributed by atoms with van der Waals surface area (Å²) >= 11 is 5.75. The Bertz CT molecular complexity index is 649. The van der Waals surface area contributed by atoms with Gasteiger partial charge in [-0.1, -0.05) is 23.7 Å². The van der Waals surface area contributed by atoms with Crippen LogP contribution in [-0.4, -0.2) is 12.5 Å². The molecule has 0 aromatic heterocycles. The van der Waals surface area contributed by atoms with Crippen LogP contribution in [0.3, 0.4) is 0 Å². The molecule has 0 saturated carbocycles. The van der Waals surface area contributed by atoms with Crippen molar-refractivity contribution >= 4 is 17.5 Å². The van der Waals surface area contributed by atoms with Crippen molar-refractivity contribution in [3.63, 3.8) is 0 Å². The standard InChI is InChI=1S/C15H12ClF2NO2/c16-11-5-6-12(17)10(7-11)8-19-15(20)9-21-14-4-2-1-3-13(14)18/h1-7H,8-9H2,(H,19,20). The maximum atomic E-state index is 13.4. The molecular weight excluding hydrogens is 300 g/mol. The van der Waals surface area contributed by atoms with Gasteiger partial charge in [-0.3, -0.25) is 4.79 Å². The van der Waals surface area contributed by atoms with E-state index in [2.05, 4.69) is 5.32 Å². The zero-order chi connectivity index (χ0) is 15.2. The Hall–Kier alpha value is -2.14. The fourth-order valence-corrected chi connectivity index (χ4v) is 1.82. The van der Waals surface area contributed by atoms with E-state index in [1.165, 1.54) is 36.4 Å². The summed E-state index contributed by atoms with van der Waals surface area (Å²) in [4.78, 5) is 11.6. The highest BCUT2D eigenvalue weighted by Gasteiger charge is 2.08. The lowest BCUT2D eigenvalue weighted by Gasteiger charge is -2.09. The Kier molecular flexibility index (Phi) is 5.11. The molecule has 0 heterocycles. The Morgan fingerprint density at radius 2 is 1.90 bits per heavy atom. The van der Waals surface area contributed by atoms with Gasteiger partial charge in [0.05, 0.1) is 0 Å². The van der Waals surface area contributed by atoms with E-state index in [1.807, 2.05) is 0 Å². The first-order valence-electron chi connectivity index (χ1n) is 6.14. The second kappa shape index (κ2) is 7.04. The zero-order valence-corrected chi connectivity index (χ0v) is 11.7. The van der Waals surface area contributed by atoms with Crippen LogP contribution in [-0.2, 0) is 11.3 Å². The van der Waals surface area contributed by atoms with Gasteiger partial charge in [0.25, 0.3) is 5.91 Å². The highest BCUT2D eigenvalue weighted by molar-refractivity contribution is 6.30. The maximum absolute atomic E-state index is 13.4. The monoisotopic (exact) mass is 311 g/mol. The zero-order valence-electron chi connectivity index (χ0n) is 10.9. The van der Waals surface area contributed by atoms with Crippen LogP contribution in [0, 0.1) is 11.6 Å². The molecule has 1 N–H and O–H groups in total. The topological polar surface area (TPSA) is 38.3 Å². The normalized spacial score (nSPS) is 10.2. The van der Waals surface area contributed by atoms with Crippen LogP contribution in [0.5, 0.6) is 5.75 Å². The Labute approximate surface area is 125 Å². The summed E-state index contributed by atoms with van der Waals surface area (Å²) in [5, 5.41) is 2.85. The molecule has 6 heteroatoms. The SMILES string of the molecule is O=C(COc1ccccc1F)NCc1cc(Cl)ccc1F. The third kappa shape index (κ3) is 4.43. The number of hydrogen-bond donors (Lipinski definition) is 1. The van der Waals surface area contributed by atoms with Gasteiger partial charge in [0, 0.05) is 17.1 Å². The van der Waals surface area contributed by atoms with Crippen molar-refractivity contribution in [2.75, 3.05) is 6.61 Å². The second-order valence-corrected chi connectivity index (χ2v) is 4.67. The molecular formula is C15H12ClF2NO2. The molecule has 3 nitrogen and oxygen atoms in total. The van der Waals surface area contributed by atoms with Crippen molar-refractivity contribution in [3.8, 4) is 5.75 Å². The van der Waals surface area contributed by atoms with Crippen molar-refractivity contribution in [2.24, 2.45) is 0 Å². The van der Waals surface area contributed by atoms with E-state index in [-0.39, 0.29) is 24.5 Å². The van der Waals surface area contributed by atoms with Gasteiger partial charge in [-0.15, -0.1) is 0 Å². The van der Waals surface area contributed by atoms with Gasteiger partial charge in [0.2, 0.25) is 0 Å². The Morgan fingerprint density at radius 1 is 1.14 bits per heavy atom. The van der Waals surface area contributed by atoms with E-state index in [4.69, 9.17) is 16.3 Å². The molecule has 0 fully saturated rings. The molecule has 110 valence electrons. The lowest BCUT2D eigenvalue weighted by Crippen LogP contribution is -2.28. The van der Waals surface area contributed by atoms with Gasteiger partial charge >= 0.3 is 0 Å². The number of amides is 1. The summed E-state index contributed by atoms with van der Waals surface area (Å²) < 4.78 is 31.7. The molecule has 0 aliphatic rings. The molecule has 0 radical (unpaired) electrons. The van der Waals surface area contributed by atoms with Crippen molar-refractivity contribution in [3.05, 3.63) is 64.7 Å². The number of hydrogen-bond acceptors (Lipinski definition) is 2. The fourth-order valence-electron chi connectivity index (χ4n) is 1.63. The second-order valence-electron chi connectivity index (χ2n) is 4.23. The lowest BCUT2D eigenvalue weighted by molar-refractivity contribution is -0.123. The summed E-state index contributed by atoms with van der Waals surface area (Å²) in [6.07, 6.45) is 0. The summed E-state index contributed by atoms with van der Waals surface area (Å²) in [5.74, 6) is -1.51. The molecule has 0 aliphatic carbocycles. The predicted octanol–water partition coefficient (Wildman–Crippen LogP) is 3.31. The van der Waals surface area contributed by atoms with Crippen LogP contribution in [0.4, 0.5) is 8.78 Å². The summed E-state index contributed by atoms with van der Waals surface area (Å²) in [5.41, 5.74) is 0.266. The van der Waals surface area contributed by atoms with Crippen LogP contribution in [0.2, 0.25) is 5.02 Å². The van der Waals surface area contributed by atoms with E-state index in [9.17, 15) is 13.6 Å². The van der Waals surface area contributed by atoms with Gasteiger partial charge in [-0.25, -0.2) is 8.78 Å². The largest absolute Gasteiger partial charge is 0.481 e. The number of benzene rings is 2. The third-order valence-electron chi connectivity index (χ3n) is 2.68. The molecule has 0 bridgehead atoms. The number of nitrogens with one attached hydrogen (secondary N) is 1. The van der Waals surface area contributed by atoms with E-state index in [0.717, 1.165) is 0 Å². The first-order chi connectivity index (χ1) is 10.1. The smallest absolute Gasteiger partial charge is 0.258 e. The molecule has 2 aromatic rings. The van der Waals surface area contributed by atoms with Gasteiger partial charge < -0.3 is 10.1 Å². The number of rotatable bonds is 5. The molecule has 0 aliphatic heterocycles. The van der Waals surface area contributed by atoms with Crippen LogP contribution in [0.1, 0.15) is 5.56 Å². The molecule has 0 atom stereocenters. The molecule has 0 spiro atoms. The van der Waals surface area contributed by atoms with E-state index >= 15 is 0 Å². The first-order valence-corrected chi connectivity index (χ1v) is 6.52. The molecule has 1 amide bonds. The summed E-state index contributed by atoms with van der Waals surface area (Å²) in [6, 6.07) is 9.83. The lowest BCUT2D eigenvalue weighted by atomic mass is 10.2. The number of halogens is 3. The van der Waals surface area contributed by atoms with E-state index < -0.39 is 17.5 Å². The minimum Gasteiger partial charge on any atom is -0.481 e. The van der Waals surface area contributed by atoms with Crippen LogP contribution in [0.25, 0.3) is 0 Å². The predicted molar refractivity (Wildman–Crippen MR) is 75.2 cm³/mol. The highest BCUT2D eigenvalue weighted by Crippen LogP contribution is 2.16. The Balaban J connectivity index is 1.85. The van der Waals surface area contributed by atoms with E-state index in [1.54, 1.807) is 6.07 Å². The van der Waals surface area contributed by atoms with Crippen LogP contribution >= 0.6 is 11.6 Å². The van der Waals surface area contributed by atoms with Gasteiger partial charge in [0.1, 0.15) is 5.82 Å².